The van der Waals surface area contributed by atoms with Gasteiger partial charge in [-0.25, -0.2) is 14.8 Å². The summed E-state index contributed by atoms with van der Waals surface area (Å²) in [4.78, 5) is 27.4. The summed E-state index contributed by atoms with van der Waals surface area (Å²) < 4.78 is 13.7. The molecular weight excluding hydrogens is 430 g/mol. The molecule has 4 rings (SSSR count). The molecule has 0 radical (unpaired) electrons. The molecule has 0 unspecified atom stereocenters. The highest BCUT2D eigenvalue weighted by Crippen LogP contribution is 2.32. The highest BCUT2D eigenvalue weighted by molar-refractivity contribution is 5.81. The minimum Gasteiger partial charge on any atom is -0.449 e. The van der Waals surface area contributed by atoms with Gasteiger partial charge in [0, 0.05) is 31.5 Å². The van der Waals surface area contributed by atoms with Crippen molar-refractivity contribution in [1.29, 1.82) is 0 Å². The first-order chi connectivity index (χ1) is 16.7. The molecule has 8 heteroatoms. The van der Waals surface area contributed by atoms with Crippen LogP contribution >= 0.6 is 0 Å². The van der Waals surface area contributed by atoms with Gasteiger partial charge in [-0.05, 0) is 44.4 Å². The van der Waals surface area contributed by atoms with Gasteiger partial charge in [0.05, 0.1) is 17.7 Å². The number of likely N-dealkylation sites (tertiary alicyclic amines) is 1. The average molecular weight is 466 g/mol. The molecule has 34 heavy (non-hydrogen) atoms. The second-order valence-electron chi connectivity index (χ2n) is 8.93. The predicted octanol–water partition coefficient (Wildman–Crippen LogP) is 6.06. The Labute approximate surface area is 201 Å². The number of nitrogens with zero attached hydrogens (tertiary/aromatic N) is 5. The number of rotatable bonds is 10. The summed E-state index contributed by atoms with van der Waals surface area (Å²) in [5.41, 5.74) is 1.65. The number of carbonyl (C=O) groups excluding carboxylic acids is 1. The molecule has 0 aromatic carbocycles. The molecule has 0 atom stereocenters. The maximum absolute atomic E-state index is 12.4. The number of piperidine rings is 1. The number of pyridine rings is 1. The van der Waals surface area contributed by atoms with Gasteiger partial charge in [0.2, 0.25) is 5.88 Å². The number of amides is 1. The second-order valence-corrected chi connectivity index (χ2v) is 8.93. The summed E-state index contributed by atoms with van der Waals surface area (Å²) in [6.45, 7) is 6.01. The number of fused-ring (bicyclic) bond motifs is 1. The first-order valence-corrected chi connectivity index (χ1v) is 12.5. The number of aryl methyl sites for hydroxylation is 1. The smallest absolute Gasteiger partial charge is 0.409 e. The molecule has 8 nitrogen and oxygen atoms in total. The first-order valence-electron chi connectivity index (χ1n) is 12.5. The van der Waals surface area contributed by atoms with Gasteiger partial charge in [-0.2, -0.15) is 0 Å². The lowest BCUT2D eigenvalue weighted by Gasteiger charge is -2.32. The summed E-state index contributed by atoms with van der Waals surface area (Å²) >= 11 is 0. The fourth-order valence-corrected chi connectivity index (χ4v) is 4.46. The molecule has 0 aliphatic carbocycles. The van der Waals surface area contributed by atoms with Crippen LogP contribution in [0.15, 0.2) is 36.9 Å². The Hall–Kier alpha value is -3.16. The fraction of sp³-hybridized carbons (Fsp3) is 0.538. The zero-order valence-corrected chi connectivity index (χ0v) is 20.3. The molecule has 1 aliphatic heterocycles. The maximum atomic E-state index is 12.4. The molecule has 0 saturated carbocycles. The number of hydrogen-bond acceptors (Lipinski definition) is 6. The van der Waals surface area contributed by atoms with Gasteiger partial charge in [-0.1, -0.05) is 39.0 Å². The molecule has 182 valence electrons. The van der Waals surface area contributed by atoms with Crippen LogP contribution in [0.5, 0.6) is 11.6 Å². The van der Waals surface area contributed by atoms with Crippen molar-refractivity contribution in [1.82, 2.24) is 24.4 Å². The third-order valence-corrected chi connectivity index (χ3v) is 6.48. The topological polar surface area (TPSA) is 82.4 Å². The summed E-state index contributed by atoms with van der Waals surface area (Å²) in [6.07, 6.45) is 14.0. The van der Waals surface area contributed by atoms with Crippen LogP contribution < -0.4 is 4.74 Å². The Bertz CT molecular complexity index is 1080. The van der Waals surface area contributed by atoms with E-state index in [2.05, 4.69) is 26.4 Å². The summed E-state index contributed by atoms with van der Waals surface area (Å²) in [6, 6.07) is 5.99. The van der Waals surface area contributed by atoms with Gasteiger partial charge < -0.3 is 18.9 Å². The van der Waals surface area contributed by atoms with E-state index in [1.807, 2.05) is 36.2 Å². The molecule has 3 aromatic rings. The third kappa shape index (κ3) is 5.85. The van der Waals surface area contributed by atoms with Crippen molar-refractivity contribution in [2.75, 3.05) is 19.7 Å². The van der Waals surface area contributed by atoms with E-state index in [-0.39, 0.29) is 12.1 Å². The van der Waals surface area contributed by atoms with Crippen LogP contribution in [0, 0.1) is 6.92 Å². The standard InChI is InChI=1S/C26H35N5O3/c1-3-4-5-6-7-8-18-33-26(32)30-15-11-21(12-16-30)31-17-13-22-24(31)28-19-29-25(22)34-23-10-9-14-27-20(23)2/h9-10,13-14,17,19,21H,3-8,11-12,15-16,18H2,1-2H3. The number of ether oxygens (including phenoxy) is 2. The molecule has 1 fully saturated rings. The SMILES string of the molecule is CCCCCCCCOC(=O)N1CCC(n2ccc3c(Oc4cccnc4C)ncnc32)CC1. The number of aromatic nitrogens is 4. The highest BCUT2D eigenvalue weighted by Gasteiger charge is 2.26. The molecule has 1 saturated heterocycles. The van der Waals surface area contributed by atoms with Crippen molar-refractivity contribution in [3.8, 4) is 11.6 Å². The van der Waals surface area contributed by atoms with Gasteiger partial charge in [0.25, 0.3) is 0 Å². The van der Waals surface area contributed by atoms with Crippen molar-refractivity contribution < 1.29 is 14.3 Å². The van der Waals surface area contributed by atoms with Crippen molar-refractivity contribution in [2.24, 2.45) is 0 Å². The van der Waals surface area contributed by atoms with Crippen LogP contribution in [0.2, 0.25) is 0 Å². The molecule has 3 aromatic heterocycles. The van der Waals surface area contributed by atoms with E-state index >= 15 is 0 Å². The lowest BCUT2D eigenvalue weighted by Crippen LogP contribution is -2.39. The summed E-state index contributed by atoms with van der Waals surface area (Å²) in [5.74, 6) is 1.21. The van der Waals surface area contributed by atoms with Crippen molar-refractivity contribution in [2.45, 2.75) is 71.3 Å². The van der Waals surface area contributed by atoms with Crippen LogP contribution in [0.4, 0.5) is 4.79 Å². The van der Waals surface area contributed by atoms with Crippen molar-refractivity contribution in [3.63, 3.8) is 0 Å². The van der Waals surface area contributed by atoms with Gasteiger partial charge in [-0.3, -0.25) is 4.98 Å². The number of unbranched alkanes of at least 4 members (excludes halogenated alkanes) is 5. The van der Waals surface area contributed by atoms with Crippen LogP contribution in [-0.4, -0.2) is 50.2 Å². The third-order valence-electron chi connectivity index (χ3n) is 6.48. The quantitative estimate of drug-likeness (QED) is 0.338. The minimum absolute atomic E-state index is 0.186. The van der Waals surface area contributed by atoms with Crippen LogP contribution in [-0.2, 0) is 4.74 Å². The lowest BCUT2D eigenvalue weighted by atomic mass is 10.1. The van der Waals surface area contributed by atoms with E-state index in [4.69, 9.17) is 9.47 Å². The molecular formula is C26H35N5O3. The number of carbonyl (C=O) groups is 1. The Morgan fingerprint density at radius 2 is 1.85 bits per heavy atom. The summed E-state index contributed by atoms with van der Waals surface area (Å²) in [5, 5.41) is 0.867. The lowest BCUT2D eigenvalue weighted by molar-refractivity contribution is 0.0874. The zero-order chi connectivity index (χ0) is 23.8. The van der Waals surface area contributed by atoms with E-state index in [0.717, 1.165) is 42.4 Å². The Balaban J connectivity index is 1.30. The van der Waals surface area contributed by atoms with E-state index < -0.39 is 0 Å². The van der Waals surface area contributed by atoms with Gasteiger partial charge in [-0.15, -0.1) is 0 Å². The van der Waals surface area contributed by atoms with Crippen molar-refractivity contribution >= 4 is 17.1 Å². The maximum Gasteiger partial charge on any atom is 0.409 e. The molecule has 0 N–H and O–H groups in total. The van der Waals surface area contributed by atoms with E-state index in [1.54, 1.807) is 6.20 Å². The molecule has 1 amide bonds. The first kappa shape index (κ1) is 24.0. The monoisotopic (exact) mass is 465 g/mol. The van der Waals surface area contributed by atoms with Crippen LogP contribution in [0.1, 0.15) is 70.0 Å². The molecule has 4 heterocycles. The second kappa shape index (κ2) is 11.8. The molecule has 0 spiro atoms. The molecule has 1 aliphatic rings. The van der Waals surface area contributed by atoms with Gasteiger partial charge in [0.1, 0.15) is 12.0 Å². The van der Waals surface area contributed by atoms with Crippen molar-refractivity contribution in [3.05, 3.63) is 42.6 Å². The van der Waals surface area contributed by atoms with E-state index in [0.29, 0.717) is 31.3 Å². The fourth-order valence-electron chi connectivity index (χ4n) is 4.46. The van der Waals surface area contributed by atoms with Gasteiger partial charge >= 0.3 is 6.09 Å². The minimum atomic E-state index is -0.186. The van der Waals surface area contributed by atoms with Gasteiger partial charge in [0.15, 0.2) is 5.75 Å². The summed E-state index contributed by atoms with van der Waals surface area (Å²) in [7, 11) is 0. The predicted molar refractivity (Wildman–Crippen MR) is 131 cm³/mol. The Morgan fingerprint density at radius 3 is 2.65 bits per heavy atom. The Morgan fingerprint density at radius 1 is 1.06 bits per heavy atom. The van der Waals surface area contributed by atoms with E-state index in [1.165, 1.54) is 32.0 Å². The highest BCUT2D eigenvalue weighted by atomic mass is 16.6. The molecule has 0 bridgehead atoms. The zero-order valence-electron chi connectivity index (χ0n) is 20.3. The number of hydrogen-bond donors (Lipinski definition) is 0. The Kier molecular flexibility index (Phi) is 8.33. The van der Waals surface area contributed by atoms with Crippen LogP contribution in [0.25, 0.3) is 11.0 Å². The van der Waals surface area contributed by atoms with E-state index in [9.17, 15) is 4.79 Å². The normalized spacial score (nSPS) is 14.5. The largest absolute Gasteiger partial charge is 0.449 e. The average Bonchev–Trinajstić information content (AvgIpc) is 3.30. The van der Waals surface area contributed by atoms with Crippen LogP contribution in [0.3, 0.4) is 0 Å².